The quantitative estimate of drug-likeness (QED) is 0.736. The van der Waals surface area contributed by atoms with Crippen LogP contribution in [0.25, 0.3) is 0 Å². The fourth-order valence-electron chi connectivity index (χ4n) is 2.89. The molecule has 1 aliphatic rings. The van der Waals surface area contributed by atoms with E-state index in [-0.39, 0.29) is 12.5 Å². The Hall–Kier alpha value is -2.13. The molecule has 0 atom stereocenters. The maximum Gasteiger partial charge on any atom is 0.435 e. The summed E-state index contributed by atoms with van der Waals surface area (Å²) in [6.07, 6.45) is -3.38. The topological polar surface area (TPSA) is 41.4 Å². The summed E-state index contributed by atoms with van der Waals surface area (Å²) >= 11 is 6.03. The summed E-state index contributed by atoms with van der Waals surface area (Å²) in [6, 6.07) is 5.08. The normalized spacial score (nSPS) is 16.0. The molecule has 0 aliphatic carbocycles. The van der Waals surface area contributed by atoms with E-state index in [0.717, 1.165) is 22.5 Å². The van der Waals surface area contributed by atoms with Crippen LogP contribution in [0.3, 0.4) is 0 Å². The molecule has 0 unspecified atom stereocenters. The average molecular weight is 405 g/mol. The third-order valence-electron chi connectivity index (χ3n) is 4.36. The van der Waals surface area contributed by atoms with Gasteiger partial charge in [0.25, 0.3) is 0 Å². The van der Waals surface area contributed by atoms with E-state index in [2.05, 4.69) is 10.00 Å². The zero-order valence-corrected chi connectivity index (χ0v) is 15.0. The molecule has 0 saturated carbocycles. The fourth-order valence-corrected chi connectivity index (χ4v) is 3.11. The Morgan fingerprint density at radius 3 is 2.44 bits per heavy atom. The van der Waals surface area contributed by atoms with Crippen molar-refractivity contribution in [1.29, 1.82) is 0 Å². The summed E-state index contributed by atoms with van der Waals surface area (Å²) in [5, 5.41) is 3.75. The molecule has 1 aromatic carbocycles. The number of halogens is 5. The van der Waals surface area contributed by atoms with E-state index in [1.807, 2.05) is 0 Å². The van der Waals surface area contributed by atoms with Crippen molar-refractivity contribution in [2.75, 3.05) is 26.2 Å². The molecule has 0 spiro atoms. The molecule has 2 aromatic rings. The van der Waals surface area contributed by atoms with Crippen molar-refractivity contribution >= 4 is 17.5 Å². The second-order valence-corrected chi connectivity index (χ2v) is 6.70. The van der Waals surface area contributed by atoms with E-state index in [9.17, 15) is 22.4 Å². The van der Waals surface area contributed by atoms with E-state index < -0.39 is 17.7 Å². The van der Waals surface area contributed by atoms with Gasteiger partial charge < -0.3 is 4.90 Å². The van der Waals surface area contributed by atoms with Gasteiger partial charge in [0.2, 0.25) is 5.91 Å². The van der Waals surface area contributed by atoms with E-state index >= 15 is 0 Å². The van der Waals surface area contributed by atoms with Crippen molar-refractivity contribution < 1.29 is 22.4 Å². The van der Waals surface area contributed by atoms with Crippen LogP contribution in [0.15, 0.2) is 30.5 Å². The number of hydrogen-bond acceptors (Lipinski definition) is 3. The van der Waals surface area contributed by atoms with Crippen LogP contribution in [0, 0.1) is 5.82 Å². The highest BCUT2D eigenvalue weighted by Crippen LogP contribution is 2.27. The molecule has 10 heteroatoms. The molecule has 0 N–H and O–H groups in total. The molecule has 1 aliphatic heterocycles. The molecule has 0 radical (unpaired) electrons. The average Bonchev–Trinajstić information content (AvgIpc) is 3.07. The number of amides is 1. The molecular formula is C17H17ClF4N4O. The van der Waals surface area contributed by atoms with Gasteiger partial charge in [0, 0.05) is 43.9 Å². The fraction of sp³-hybridized carbons (Fsp3) is 0.412. The summed E-state index contributed by atoms with van der Waals surface area (Å²) in [6.45, 7) is 2.38. The predicted octanol–water partition coefficient (Wildman–Crippen LogP) is 3.04. The van der Waals surface area contributed by atoms with Crippen molar-refractivity contribution in [2.24, 2.45) is 0 Å². The van der Waals surface area contributed by atoms with Gasteiger partial charge in [-0.3, -0.25) is 14.4 Å². The largest absolute Gasteiger partial charge is 0.435 e. The summed E-state index contributed by atoms with van der Waals surface area (Å²) in [5.74, 6) is -0.683. The molecule has 0 bridgehead atoms. The zero-order valence-electron chi connectivity index (χ0n) is 14.2. The van der Waals surface area contributed by atoms with Crippen LogP contribution in [0.4, 0.5) is 17.6 Å². The lowest BCUT2D eigenvalue weighted by Gasteiger charge is -2.34. The van der Waals surface area contributed by atoms with E-state index in [0.29, 0.717) is 37.7 Å². The SMILES string of the molecule is O=C(Cn1ccc(C(F)(F)F)n1)N1CCN(Cc2ccc(F)cc2Cl)CC1. The van der Waals surface area contributed by atoms with Gasteiger partial charge in [0.05, 0.1) is 0 Å². The molecule has 1 fully saturated rings. The number of benzene rings is 1. The third kappa shape index (κ3) is 4.98. The van der Waals surface area contributed by atoms with Gasteiger partial charge >= 0.3 is 6.18 Å². The van der Waals surface area contributed by atoms with Gasteiger partial charge in [-0.15, -0.1) is 0 Å². The Morgan fingerprint density at radius 1 is 1.15 bits per heavy atom. The van der Waals surface area contributed by atoms with E-state index in [1.54, 1.807) is 11.0 Å². The summed E-state index contributed by atoms with van der Waals surface area (Å²) < 4.78 is 51.8. The lowest BCUT2D eigenvalue weighted by Crippen LogP contribution is -2.49. The standard InChI is InChI=1S/C17H17ClF4N4O/c18-14-9-13(19)2-1-12(14)10-24-5-7-25(8-6-24)16(27)11-26-4-3-15(23-26)17(20,21)22/h1-4,9H,5-8,10-11H2. The van der Waals surface area contributed by atoms with Crippen molar-refractivity contribution in [1.82, 2.24) is 19.6 Å². The molecule has 1 saturated heterocycles. The Morgan fingerprint density at radius 2 is 1.85 bits per heavy atom. The monoisotopic (exact) mass is 404 g/mol. The Bertz CT molecular complexity index is 816. The first-order valence-electron chi connectivity index (χ1n) is 8.27. The summed E-state index contributed by atoms with van der Waals surface area (Å²) in [7, 11) is 0. The Labute approximate surface area is 158 Å². The number of nitrogens with zero attached hydrogens (tertiary/aromatic N) is 4. The van der Waals surface area contributed by atoms with Gasteiger partial charge in [0.15, 0.2) is 5.69 Å². The molecular weight excluding hydrogens is 388 g/mol. The lowest BCUT2D eigenvalue weighted by atomic mass is 10.2. The molecule has 146 valence electrons. The van der Waals surface area contributed by atoms with Gasteiger partial charge in [-0.2, -0.15) is 18.3 Å². The lowest BCUT2D eigenvalue weighted by molar-refractivity contribution is -0.142. The van der Waals surface area contributed by atoms with Crippen LogP contribution in [0.5, 0.6) is 0 Å². The highest BCUT2D eigenvalue weighted by Gasteiger charge is 2.33. The van der Waals surface area contributed by atoms with Gasteiger partial charge in [-0.1, -0.05) is 17.7 Å². The number of aromatic nitrogens is 2. The molecule has 27 heavy (non-hydrogen) atoms. The van der Waals surface area contributed by atoms with Crippen molar-refractivity contribution in [2.45, 2.75) is 19.3 Å². The molecule has 1 aromatic heterocycles. The summed E-state index contributed by atoms with van der Waals surface area (Å²) in [5.41, 5.74) is -0.217. The maximum absolute atomic E-state index is 13.1. The van der Waals surface area contributed by atoms with Crippen LogP contribution in [0.1, 0.15) is 11.3 Å². The molecule has 2 heterocycles. The van der Waals surface area contributed by atoms with Crippen LogP contribution in [-0.4, -0.2) is 51.7 Å². The minimum atomic E-state index is -4.53. The highest BCUT2D eigenvalue weighted by molar-refractivity contribution is 6.31. The number of carbonyl (C=O) groups excluding carboxylic acids is 1. The third-order valence-corrected chi connectivity index (χ3v) is 4.71. The van der Waals surface area contributed by atoms with E-state index in [1.165, 1.54) is 12.1 Å². The molecule has 1 amide bonds. The van der Waals surface area contributed by atoms with Crippen molar-refractivity contribution in [3.05, 3.63) is 52.6 Å². The minimum Gasteiger partial charge on any atom is -0.339 e. The van der Waals surface area contributed by atoms with Crippen LogP contribution in [0.2, 0.25) is 5.02 Å². The highest BCUT2D eigenvalue weighted by atomic mass is 35.5. The van der Waals surface area contributed by atoms with Gasteiger partial charge in [-0.05, 0) is 23.8 Å². The first kappa shape index (κ1) is 19.6. The molecule has 3 rings (SSSR count). The van der Waals surface area contributed by atoms with Crippen molar-refractivity contribution in [3.8, 4) is 0 Å². The van der Waals surface area contributed by atoms with Crippen molar-refractivity contribution in [3.63, 3.8) is 0 Å². The first-order chi connectivity index (χ1) is 12.7. The zero-order chi connectivity index (χ0) is 19.6. The number of carbonyl (C=O) groups is 1. The predicted molar refractivity (Wildman–Crippen MR) is 90.5 cm³/mol. The Kier molecular flexibility index (Phi) is 5.71. The number of rotatable bonds is 4. The van der Waals surface area contributed by atoms with Crippen LogP contribution < -0.4 is 0 Å². The smallest absolute Gasteiger partial charge is 0.339 e. The van der Waals surface area contributed by atoms with Crippen LogP contribution in [-0.2, 0) is 24.1 Å². The molecule has 5 nitrogen and oxygen atoms in total. The number of piperazine rings is 1. The van der Waals surface area contributed by atoms with Gasteiger partial charge in [-0.25, -0.2) is 4.39 Å². The van der Waals surface area contributed by atoms with E-state index in [4.69, 9.17) is 11.6 Å². The van der Waals surface area contributed by atoms with Gasteiger partial charge in [0.1, 0.15) is 12.4 Å². The first-order valence-corrected chi connectivity index (χ1v) is 8.65. The number of alkyl halides is 3. The maximum atomic E-state index is 13.1. The minimum absolute atomic E-state index is 0.236. The second kappa shape index (κ2) is 7.85. The van der Waals surface area contributed by atoms with Crippen LogP contribution >= 0.6 is 11.6 Å². The summed E-state index contributed by atoms with van der Waals surface area (Å²) in [4.78, 5) is 16.0. The Balaban J connectivity index is 1.51. The second-order valence-electron chi connectivity index (χ2n) is 6.29. The number of hydrogen-bond donors (Lipinski definition) is 0.